The van der Waals surface area contributed by atoms with E-state index in [0.717, 1.165) is 0 Å². The molecule has 0 fully saturated rings. The molecule has 1 aliphatic rings. The first-order valence-corrected chi connectivity index (χ1v) is 5.87. The monoisotopic (exact) mass is 255 g/mol. The van der Waals surface area contributed by atoms with Crippen molar-refractivity contribution in [2.24, 2.45) is 4.99 Å². The summed E-state index contributed by atoms with van der Waals surface area (Å²) in [7, 11) is 1.45. The Labute approximate surface area is 102 Å². The van der Waals surface area contributed by atoms with Crippen molar-refractivity contribution in [3.63, 3.8) is 0 Å². The lowest BCUT2D eigenvalue weighted by Gasteiger charge is -2.04. The Morgan fingerprint density at radius 3 is 2.94 bits per heavy atom. The normalized spacial score (nSPS) is 18.9. The van der Waals surface area contributed by atoms with Gasteiger partial charge in [0.05, 0.1) is 12.2 Å². The predicted octanol–water partition coefficient (Wildman–Crippen LogP) is 1.78. The summed E-state index contributed by atoms with van der Waals surface area (Å²) in [6.45, 7) is 0. The number of carbonyl (C=O) groups is 1. The molecule has 0 bridgehead atoms. The summed E-state index contributed by atoms with van der Waals surface area (Å²) < 4.78 is 18.2. The molecule has 0 saturated carbocycles. The number of carboxylic acids is 1. The molecule has 0 saturated heterocycles. The van der Waals surface area contributed by atoms with Gasteiger partial charge in [-0.2, -0.15) is 0 Å². The van der Waals surface area contributed by atoms with Crippen LogP contribution in [-0.4, -0.2) is 35.0 Å². The number of carboxylic acid groups (broad SMARTS) is 1. The SMILES string of the molecule is COc1cc(F)cc(C2=NC(C(=O)O)CS2)c1. The zero-order chi connectivity index (χ0) is 12.4. The number of thioether (sulfide) groups is 1. The Bertz CT molecular complexity index is 490. The largest absolute Gasteiger partial charge is 0.497 e. The van der Waals surface area contributed by atoms with Crippen molar-refractivity contribution in [1.82, 2.24) is 0 Å². The van der Waals surface area contributed by atoms with Crippen LogP contribution >= 0.6 is 11.8 Å². The molecule has 0 radical (unpaired) electrons. The van der Waals surface area contributed by atoms with Crippen LogP contribution in [0.25, 0.3) is 0 Å². The topological polar surface area (TPSA) is 58.9 Å². The van der Waals surface area contributed by atoms with Crippen LogP contribution in [0, 0.1) is 5.82 Å². The van der Waals surface area contributed by atoms with Crippen molar-refractivity contribution in [3.05, 3.63) is 29.6 Å². The highest BCUT2D eigenvalue weighted by Gasteiger charge is 2.25. The molecule has 0 amide bonds. The van der Waals surface area contributed by atoms with Crippen LogP contribution in [0.15, 0.2) is 23.2 Å². The highest BCUT2D eigenvalue weighted by molar-refractivity contribution is 8.14. The second kappa shape index (κ2) is 4.75. The van der Waals surface area contributed by atoms with Crippen molar-refractivity contribution in [2.75, 3.05) is 12.9 Å². The van der Waals surface area contributed by atoms with Crippen molar-refractivity contribution in [3.8, 4) is 5.75 Å². The zero-order valence-corrected chi connectivity index (χ0v) is 9.83. The molecular formula is C11H10FNO3S. The Balaban J connectivity index is 2.32. The van der Waals surface area contributed by atoms with E-state index in [-0.39, 0.29) is 0 Å². The average Bonchev–Trinajstić information content (AvgIpc) is 2.77. The standard InChI is InChI=1S/C11H10FNO3S/c1-16-8-3-6(2-7(12)4-8)10-13-9(5-17-10)11(14)15/h2-4,9H,5H2,1H3,(H,14,15). The minimum absolute atomic E-state index is 0.378. The van der Waals surface area contributed by atoms with Gasteiger partial charge in [0.2, 0.25) is 0 Å². The van der Waals surface area contributed by atoms with E-state index in [9.17, 15) is 9.18 Å². The maximum atomic E-state index is 13.3. The van der Waals surface area contributed by atoms with E-state index in [1.807, 2.05) is 0 Å². The highest BCUT2D eigenvalue weighted by atomic mass is 32.2. The molecule has 90 valence electrons. The number of hydrogen-bond donors (Lipinski definition) is 1. The predicted molar refractivity (Wildman–Crippen MR) is 63.4 cm³/mol. The minimum atomic E-state index is -0.962. The van der Waals surface area contributed by atoms with Crippen LogP contribution in [0.3, 0.4) is 0 Å². The molecule has 1 aromatic carbocycles. The van der Waals surface area contributed by atoms with Crippen LogP contribution in [-0.2, 0) is 4.79 Å². The number of rotatable bonds is 3. The number of benzene rings is 1. The molecule has 1 aromatic rings. The van der Waals surface area contributed by atoms with Crippen LogP contribution in [0.5, 0.6) is 5.75 Å². The molecule has 1 aliphatic heterocycles. The molecule has 6 heteroatoms. The van der Waals surface area contributed by atoms with E-state index in [4.69, 9.17) is 9.84 Å². The third-order valence-corrected chi connectivity index (χ3v) is 3.39. The first kappa shape index (κ1) is 11.9. The van der Waals surface area contributed by atoms with E-state index in [0.29, 0.717) is 22.1 Å². The van der Waals surface area contributed by atoms with Gasteiger partial charge in [0.25, 0.3) is 0 Å². The molecular weight excluding hydrogens is 245 g/mol. The second-order valence-electron chi connectivity index (χ2n) is 3.48. The summed E-state index contributed by atoms with van der Waals surface area (Å²) in [5.41, 5.74) is 0.551. The first-order valence-electron chi connectivity index (χ1n) is 4.88. The lowest BCUT2D eigenvalue weighted by Crippen LogP contribution is -2.17. The van der Waals surface area contributed by atoms with Gasteiger partial charge in [0.15, 0.2) is 6.04 Å². The third kappa shape index (κ3) is 2.58. The number of halogens is 1. The fraction of sp³-hybridized carbons (Fsp3) is 0.273. The lowest BCUT2D eigenvalue weighted by atomic mass is 10.2. The van der Waals surface area contributed by atoms with Crippen molar-refractivity contribution < 1.29 is 19.0 Å². The fourth-order valence-electron chi connectivity index (χ4n) is 1.46. The van der Waals surface area contributed by atoms with Crippen LogP contribution in [0.1, 0.15) is 5.56 Å². The van der Waals surface area contributed by atoms with Gasteiger partial charge in [0.1, 0.15) is 11.6 Å². The molecule has 4 nitrogen and oxygen atoms in total. The van der Waals surface area contributed by atoms with E-state index >= 15 is 0 Å². The van der Waals surface area contributed by atoms with Gasteiger partial charge < -0.3 is 9.84 Å². The number of methoxy groups -OCH3 is 1. The summed E-state index contributed by atoms with van der Waals surface area (Å²) >= 11 is 1.31. The first-order chi connectivity index (χ1) is 8.10. The summed E-state index contributed by atoms with van der Waals surface area (Å²) in [5, 5.41) is 9.35. The van der Waals surface area contributed by atoms with Crippen molar-refractivity contribution in [2.45, 2.75) is 6.04 Å². The summed E-state index contributed by atoms with van der Waals surface area (Å²) in [6, 6.07) is 3.47. The van der Waals surface area contributed by atoms with Crippen LogP contribution < -0.4 is 4.74 Å². The van der Waals surface area contributed by atoms with E-state index in [1.165, 1.54) is 31.0 Å². The number of ether oxygens (including phenoxy) is 1. The number of hydrogen-bond acceptors (Lipinski definition) is 4. The average molecular weight is 255 g/mol. The number of aliphatic carboxylic acids is 1. The van der Waals surface area contributed by atoms with Gasteiger partial charge in [0, 0.05) is 17.4 Å². The second-order valence-corrected chi connectivity index (χ2v) is 4.49. The molecule has 17 heavy (non-hydrogen) atoms. The maximum Gasteiger partial charge on any atom is 0.329 e. The summed E-state index contributed by atoms with van der Waals surface area (Å²) in [5.74, 6) is -0.622. The maximum absolute atomic E-state index is 13.3. The molecule has 0 aliphatic carbocycles. The Hall–Kier alpha value is -1.56. The van der Waals surface area contributed by atoms with Crippen molar-refractivity contribution >= 4 is 22.8 Å². The van der Waals surface area contributed by atoms with Gasteiger partial charge >= 0.3 is 5.97 Å². The highest BCUT2D eigenvalue weighted by Crippen LogP contribution is 2.26. The van der Waals surface area contributed by atoms with E-state index in [2.05, 4.69) is 4.99 Å². The van der Waals surface area contributed by atoms with Gasteiger partial charge in [-0.1, -0.05) is 0 Å². The molecule has 2 rings (SSSR count). The number of nitrogens with zero attached hydrogens (tertiary/aromatic N) is 1. The van der Waals surface area contributed by atoms with Crippen LogP contribution in [0.4, 0.5) is 4.39 Å². The molecule has 0 aromatic heterocycles. The Morgan fingerprint density at radius 1 is 1.59 bits per heavy atom. The van der Waals surface area contributed by atoms with Gasteiger partial charge in [-0.3, -0.25) is 4.99 Å². The Kier molecular flexibility index (Phi) is 3.33. The quantitative estimate of drug-likeness (QED) is 0.894. The number of aliphatic imine (C=N–C) groups is 1. The van der Waals surface area contributed by atoms with Gasteiger partial charge in [-0.05, 0) is 12.1 Å². The molecule has 1 heterocycles. The van der Waals surface area contributed by atoms with Gasteiger partial charge in [-0.25, -0.2) is 9.18 Å². The minimum Gasteiger partial charge on any atom is -0.497 e. The summed E-state index contributed by atoms with van der Waals surface area (Å²) in [6.07, 6.45) is 0. The van der Waals surface area contributed by atoms with E-state index < -0.39 is 17.8 Å². The van der Waals surface area contributed by atoms with Crippen molar-refractivity contribution in [1.29, 1.82) is 0 Å². The third-order valence-electron chi connectivity index (χ3n) is 2.29. The molecule has 1 atom stereocenters. The lowest BCUT2D eigenvalue weighted by molar-refractivity contribution is -0.137. The molecule has 1 N–H and O–H groups in total. The summed E-state index contributed by atoms with van der Waals surface area (Å²) in [4.78, 5) is 14.8. The zero-order valence-electron chi connectivity index (χ0n) is 9.01. The van der Waals surface area contributed by atoms with Crippen LogP contribution in [0.2, 0.25) is 0 Å². The van der Waals surface area contributed by atoms with E-state index in [1.54, 1.807) is 6.07 Å². The fourth-order valence-corrected chi connectivity index (χ4v) is 2.48. The Morgan fingerprint density at radius 2 is 2.35 bits per heavy atom. The smallest absolute Gasteiger partial charge is 0.329 e. The van der Waals surface area contributed by atoms with Gasteiger partial charge in [-0.15, -0.1) is 11.8 Å². The molecule has 0 spiro atoms. The molecule has 1 unspecified atom stereocenters.